The zero-order valence-corrected chi connectivity index (χ0v) is 10.3. The number of nitrogens with one attached hydrogen (secondary N) is 1. The Morgan fingerprint density at radius 2 is 2.11 bits per heavy atom. The van der Waals surface area contributed by atoms with Gasteiger partial charge >= 0.3 is 5.97 Å². The first-order valence-corrected chi connectivity index (χ1v) is 5.56. The Hall–Kier alpha value is -2.70. The van der Waals surface area contributed by atoms with Crippen LogP contribution in [0.1, 0.15) is 21.7 Å². The monoisotopic (exact) mass is 259 g/mol. The van der Waals surface area contributed by atoms with Crippen molar-refractivity contribution in [3.8, 4) is 0 Å². The molecule has 2 aromatic rings. The number of carboxylic acids is 1. The fraction of sp³-hybridized carbons (Fsp3) is 0.167. The molecule has 0 spiro atoms. The number of nitrogen functional groups attached to an aromatic ring is 1. The zero-order valence-electron chi connectivity index (χ0n) is 10.3. The smallest absolute Gasteiger partial charge is 0.339 e. The Balaban J connectivity index is 2.15. The standard InChI is InChI=1S/C12H13N5O2/c1-7-3-15-9(5-14-7)6-17-11-10(12(18)19)2-8(13)4-16-11/h2-5H,6,13H2,1H3,(H,16,17)(H,18,19). The third-order valence-corrected chi connectivity index (χ3v) is 2.41. The van der Waals surface area contributed by atoms with Gasteiger partial charge in [0.2, 0.25) is 0 Å². The van der Waals surface area contributed by atoms with Crippen LogP contribution in [0.15, 0.2) is 24.7 Å². The molecule has 2 rings (SSSR count). The normalized spacial score (nSPS) is 10.2. The predicted molar refractivity (Wildman–Crippen MR) is 69.7 cm³/mol. The van der Waals surface area contributed by atoms with Gasteiger partial charge in [0.1, 0.15) is 11.4 Å². The molecule has 0 saturated carbocycles. The van der Waals surface area contributed by atoms with Crippen molar-refractivity contribution in [2.45, 2.75) is 13.5 Å². The first-order chi connectivity index (χ1) is 9.06. The lowest BCUT2D eigenvalue weighted by molar-refractivity contribution is 0.0697. The molecule has 0 aliphatic carbocycles. The van der Waals surface area contributed by atoms with Crippen LogP contribution in [-0.4, -0.2) is 26.0 Å². The molecule has 0 aliphatic rings. The van der Waals surface area contributed by atoms with Gasteiger partial charge in [0, 0.05) is 6.20 Å². The number of pyridine rings is 1. The zero-order chi connectivity index (χ0) is 13.8. The predicted octanol–water partition coefficient (Wildman–Crippen LogP) is 1.07. The fourth-order valence-corrected chi connectivity index (χ4v) is 1.47. The molecule has 0 radical (unpaired) electrons. The minimum absolute atomic E-state index is 0.0278. The minimum atomic E-state index is -1.09. The molecule has 0 atom stereocenters. The minimum Gasteiger partial charge on any atom is -0.478 e. The second-order valence-electron chi connectivity index (χ2n) is 3.97. The highest BCUT2D eigenvalue weighted by atomic mass is 16.4. The van der Waals surface area contributed by atoms with Gasteiger partial charge in [0.05, 0.1) is 36.0 Å². The SMILES string of the molecule is Cc1cnc(CNc2ncc(N)cc2C(=O)O)cn1. The molecule has 7 nitrogen and oxygen atoms in total. The van der Waals surface area contributed by atoms with Crippen LogP contribution in [0.2, 0.25) is 0 Å². The summed E-state index contributed by atoms with van der Waals surface area (Å²) >= 11 is 0. The van der Waals surface area contributed by atoms with Gasteiger partial charge in [-0.3, -0.25) is 9.97 Å². The number of carboxylic acid groups (broad SMARTS) is 1. The van der Waals surface area contributed by atoms with E-state index in [9.17, 15) is 4.79 Å². The average Bonchev–Trinajstić information content (AvgIpc) is 2.39. The van der Waals surface area contributed by atoms with E-state index in [1.165, 1.54) is 12.3 Å². The molecule has 19 heavy (non-hydrogen) atoms. The van der Waals surface area contributed by atoms with Crippen molar-refractivity contribution in [2.75, 3.05) is 11.1 Å². The van der Waals surface area contributed by atoms with Crippen molar-refractivity contribution in [2.24, 2.45) is 0 Å². The third-order valence-electron chi connectivity index (χ3n) is 2.41. The molecular formula is C12H13N5O2. The number of anilines is 2. The van der Waals surface area contributed by atoms with E-state index in [0.717, 1.165) is 5.69 Å². The number of rotatable bonds is 4. The van der Waals surface area contributed by atoms with Crippen LogP contribution in [0.3, 0.4) is 0 Å². The molecule has 0 saturated heterocycles. The van der Waals surface area contributed by atoms with E-state index in [4.69, 9.17) is 10.8 Å². The van der Waals surface area contributed by atoms with Crippen molar-refractivity contribution in [1.82, 2.24) is 15.0 Å². The maximum atomic E-state index is 11.1. The number of aromatic carboxylic acids is 1. The van der Waals surface area contributed by atoms with Crippen molar-refractivity contribution in [1.29, 1.82) is 0 Å². The van der Waals surface area contributed by atoms with Crippen LogP contribution in [0.25, 0.3) is 0 Å². The van der Waals surface area contributed by atoms with Gasteiger partial charge in [-0.2, -0.15) is 0 Å². The lowest BCUT2D eigenvalue weighted by Gasteiger charge is -2.08. The summed E-state index contributed by atoms with van der Waals surface area (Å²) in [6.45, 7) is 2.18. The van der Waals surface area contributed by atoms with Crippen LogP contribution in [0.4, 0.5) is 11.5 Å². The highest BCUT2D eigenvalue weighted by Crippen LogP contribution is 2.16. The molecule has 0 bridgehead atoms. The largest absolute Gasteiger partial charge is 0.478 e. The lowest BCUT2D eigenvalue weighted by atomic mass is 10.2. The Kier molecular flexibility index (Phi) is 3.56. The lowest BCUT2D eigenvalue weighted by Crippen LogP contribution is -2.10. The summed E-state index contributed by atoms with van der Waals surface area (Å²) in [5, 5.41) is 12.0. The first-order valence-electron chi connectivity index (χ1n) is 5.56. The molecule has 0 unspecified atom stereocenters. The van der Waals surface area contributed by atoms with Gasteiger partial charge in [0.15, 0.2) is 0 Å². The second-order valence-corrected chi connectivity index (χ2v) is 3.97. The summed E-state index contributed by atoms with van der Waals surface area (Å²) in [5.41, 5.74) is 7.36. The number of hydrogen-bond donors (Lipinski definition) is 3. The molecule has 98 valence electrons. The Morgan fingerprint density at radius 3 is 2.74 bits per heavy atom. The van der Waals surface area contributed by atoms with E-state index in [2.05, 4.69) is 20.3 Å². The molecule has 0 amide bonds. The van der Waals surface area contributed by atoms with Crippen LogP contribution in [0.5, 0.6) is 0 Å². The molecule has 0 aliphatic heterocycles. The van der Waals surface area contributed by atoms with Crippen molar-refractivity contribution in [3.05, 3.63) is 41.6 Å². The van der Waals surface area contributed by atoms with Crippen LogP contribution >= 0.6 is 0 Å². The van der Waals surface area contributed by atoms with Crippen LogP contribution in [-0.2, 0) is 6.54 Å². The number of nitrogens with zero attached hydrogens (tertiary/aromatic N) is 3. The Labute approximate surface area is 109 Å². The van der Waals surface area contributed by atoms with Gasteiger partial charge in [-0.05, 0) is 13.0 Å². The number of carbonyl (C=O) groups is 1. The summed E-state index contributed by atoms with van der Waals surface area (Å²) in [6, 6.07) is 1.36. The third kappa shape index (κ3) is 3.15. The summed E-state index contributed by atoms with van der Waals surface area (Å²) in [4.78, 5) is 23.3. The summed E-state index contributed by atoms with van der Waals surface area (Å²) < 4.78 is 0. The Morgan fingerprint density at radius 1 is 1.32 bits per heavy atom. The highest BCUT2D eigenvalue weighted by Gasteiger charge is 2.11. The van der Waals surface area contributed by atoms with Crippen LogP contribution in [0, 0.1) is 6.92 Å². The maximum absolute atomic E-state index is 11.1. The number of hydrogen-bond acceptors (Lipinski definition) is 6. The number of aryl methyl sites for hydroxylation is 1. The summed E-state index contributed by atoms with van der Waals surface area (Å²) in [7, 11) is 0. The van der Waals surface area contributed by atoms with Gasteiger partial charge in [-0.25, -0.2) is 9.78 Å². The van der Waals surface area contributed by atoms with E-state index < -0.39 is 5.97 Å². The quantitative estimate of drug-likeness (QED) is 0.752. The molecule has 0 aromatic carbocycles. The number of aromatic nitrogens is 3. The topological polar surface area (TPSA) is 114 Å². The molecular weight excluding hydrogens is 246 g/mol. The molecule has 2 aromatic heterocycles. The van der Waals surface area contributed by atoms with Crippen molar-refractivity contribution in [3.63, 3.8) is 0 Å². The first kappa shape index (κ1) is 12.7. The second kappa shape index (κ2) is 5.30. The summed E-state index contributed by atoms with van der Waals surface area (Å²) in [6.07, 6.45) is 4.67. The fourth-order valence-electron chi connectivity index (χ4n) is 1.47. The molecule has 2 heterocycles. The van der Waals surface area contributed by atoms with Gasteiger partial charge in [-0.15, -0.1) is 0 Å². The van der Waals surface area contributed by atoms with Gasteiger partial charge in [-0.1, -0.05) is 0 Å². The highest BCUT2D eigenvalue weighted by molar-refractivity contribution is 5.94. The van der Waals surface area contributed by atoms with Crippen LogP contribution < -0.4 is 11.1 Å². The van der Waals surface area contributed by atoms with Crippen molar-refractivity contribution < 1.29 is 9.90 Å². The van der Waals surface area contributed by atoms with E-state index in [-0.39, 0.29) is 11.4 Å². The van der Waals surface area contributed by atoms with Gasteiger partial charge < -0.3 is 16.2 Å². The van der Waals surface area contributed by atoms with E-state index in [0.29, 0.717) is 17.9 Å². The maximum Gasteiger partial charge on any atom is 0.339 e. The molecule has 0 fully saturated rings. The molecule has 4 N–H and O–H groups in total. The number of nitrogens with two attached hydrogens (primary N) is 1. The summed E-state index contributed by atoms with van der Waals surface area (Å²) in [5.74, 6) is -0.832. The van der Waals surface area contributed by atoms with Crippen molar-refractivity contribution >= 4 is 17.5 Å². The van der Waals surface area contributed by atoms with Gasteiger partial charge in [0.25, 0.3) is 0 Å². The van der Waals surface area contributed by atoms with E-state index >= 15 is 0 Å². The Bertz CT molecular complexity index is 598. The average molecular weight is 259 g/mol. The van der Waals surface area contributed by atoms with E-state index in [1.54, 1.807) is 12.4 Å². The van der Waals surface area contributed by atoms with E-state index in [1.807, 2.05) is 6.92 Å². The molecule has 7 heteroatoms.